The molecule has 7 heteroatoms. The highest BCUT2D eigenvalue weighted by Crippen LogP contribution is 2.40. The van der Waals surface area contributed by atoms with Crippen molar-refractivity contribution in [2.24, 2.45) is 5.92 Å². The van der Waals surface area contributed by atoms with Crippen molar-refractivity contribution in [3.05, 3.63) is 42.0 Å². The molecule has 148 valence electrons. The monoisotopic (exact) mass is 384 g/mol. The predicted octanol–water partition coefficient (Wildman–Crippen LogP) is 3.01. The van der Waals surface area contributed by atoms with Gasteiger partial charge in [0.05, 0.1) is 27.2 Å². The van der Waals surface area contributed by atoms with Crippen LogP contribution in [0.15, 0.2) is 36.4 Å². The third-order valence-corrected chi connectivity index (χ3v) is 4.74. The van der Waals surface area contributed by atoms with E-state index in [9.17, 15) is 9.59 Å². The van der Waals surface area contributed by atoms with Crippen molar-refractivity contribution in [1.82, 2.24) is 0 Å². The van der Waals surface area contributed by atoms with E-state index in [1.165, 1.54) is 21.3 Å². The number of nitrogens with zero attached hydrogens (tertiary/aromatic N) is 1. The SMILES string of the molecule is COc1cc(NC(=O)C2CC(=O)N(c3cccc(C)c3)C2)cc(OC)c1OC. The van der Waals surface area contributed by atoms with E-state index < -0.39 is 5.92 Å². The van der Waals surface area contributed by atoms with Crippen molar-refractivity contribution >= 4 is 23.2 Å². The van der Waals surface area contributed by atoms with Crippen molar-refractivity contribution in [3.8, 4) is 17.2 Å². The molecule has 1 atom stereocenters. The molecule has 0 radical (unpaired) electrons. The maximum atomic E-state index is 12.8. The van der Waals surface area contributed by atoms with Crippen molar-refractivity contribution in [2.75, 3.05) is 38.1 Å². The second-order valence-corrected chi connectivity index (χ2v) is 6.65. The highest BCUT2D eigenvalue weighted by atomic mass is 16.5. The molecule has 0 spiro atoms. The average molecular weight is 384 g/mol. The van der Waals surface area contributed by atoms with Gasteiger partial charge in [-0.25, -0.2) is 0 Å². The summed E-state index contributed by atoms with van der Waals surface area (Å²) < 4.78 is 15.9. The van der Waals surface area contributed by atoms with Gasteiger partial charge in [0.1, 0.15) is 0 Å². The molecular weight excluding hydrogens is 360 g/mol. The van der Waals surface area contributed by atoms with Crippen LogP contribution in [-0.4, -0.2) is 39.7 Å². The molecule has 1 unspecified atom stereocenters. The first-order chi connectivity index (χ1) is 13.5. The molecule has 0 aromatic heterocycles. The van der Waals surface area contributed by atoms with E-state index in [0.717, 1.165) is 11.3 Å². The minimum atomic E-state index is -0.438. The highest BCUT2D eigenvalue weighted by molar-refractivity contribution is 6.03. The summed E-state index contributed by atoms with van der Waals surface area (Å²) in [5.41, 5.74) is 2.39. The zero-order valence-corrected chi connectivity index (χ0v) is 16.4. The van der Waals surface area contributed by atoms with Gasteiger partial charge in [-0.1, -0.05) is 12.1 Å². The van der Waals surface area contributed by atoms with Gasteiger partial charge in [-0.2, -0.15) is 0 Å². The first-order valence-electron chi connectivity index (χ1n) is 8.94. The van der Waals surface area contributed by atoms with Crippen LogP contribution in [0.2, 0.25) is 0 Å². The van der Waals surface area contributed by atoms with Crippen molar-refractivity contribution in [3.63, 3.8) is 0 Å². The Labute approximate surface area is 164 Å². The standard InChI is InChI=1S/C21H24N2O5/c1-13-6-5-7-16(8-13)23-12-14(9-19(23)24)21(25)22-15-10-17(26-2)20(28-4)18(11-15)27-3/h5-8,10-11,14H,9,12H2,1-4H3,(H,22,25). The molecule has 7 nitrogen and oxygen atoms in total. The van der Waals surface area contributed by atoms with E-state index in [0.29, 0.717) is 29.5 Å². The van der Waals surface area contributed by atoms with E-state index in [1.54, 1.807) is 17.0 Å². The molecule has 3 rings (SSSR count). The van der Waals surface area contributed by atoms with Crippen LogP contribution in [0.3, 0.4) is 0 Å². The van der Waals surface area contributed by atoms with Gasteiger partial charge in [-0.05, 0) is 24.6 Å². The van der Waals surface area contributed by atoms with Gasteiger partial charge in [0, 0.05) is 36.5 Å². The number of carbonyl (C=O) groups is 2. The summed E-state index contributed by atoms with van der Waals surface area (Å²) in [5.74, 6) is 0.618. The largest absolute Gasteiger partial charge is 0.493 e. The Morgan fingerprint density at radius 2 is 1.75 bits per heavy atom. The Balaban J connectivity index is 1.76. The molecule has 0 aliphatic carbocycles. The first kappa shape index (κ1) is 19.5. The lowest BCUT2D eigenvalue weighted by Gasteiger charge is -2.18. The number of methoxy groups -OCH3 is 3. The third kappa shape index (κ3) is 3.88. The predicted molar refractivity (Wildman–Crippen MR) is 106 cm³/mol. The molecule has 1 fully saturated rings. The van der Waals surface area contributed by atoms with Crippen LogP contribution < -0.4 is 24.4 Å². The normalized spacial score (nSPS) is 16.1. The molecule has 1 N–H and O–H groups in total. The number of hydrogen-bond acceptors (Lipinski definition) is 5. The van der Waals surface area contributed by atoms with Crippen LogP contribution in [0.1, 0.15) is 12.0 Å². The van der Waals surface area contributed by atoms with Crippen molar-refractivity contribution in [2.45, 2.75) is 13.3 Å². The van der Waals surface area contributed by atoms with Crippen molar-refractivity contribution < 1.29 is 23.8 Å². The molecule has 2 amide bonds. The van der Waals surface area contributed by atoms with Crippen LogP contribution in [-0.2, 0) is 9.59 Å². The number of amides is 2. The summed E-state index contributed by atoms with van der Waals surface area (Å²) in [6.07, 6.45) is 0.171. The molecule has 1 saturated heterocycles. The molecular formula is C21H24N2O5. The first-order valence-corrected chi connectivity index (χ1v) is 8.94. The second-order valence-electron chi connectivity index (χ2n) is 6.65. The van der Waals surface area contributed by atoms with Crippen LogP contribution >= 0.6 is 0 Å². The molecule has 2 aromatic carbocycles. The lowest BCUT2D eigenvalue weighted by atomic mass is 10.1. The molecule has 2 aromatic rings. The van der Waals surface area contributed by atoms with Crippen LogP contribution in [0.4, 0.5) is 11.4 Å². The van der Waals surface area contributed by atoms with Crippen LogP contribution in [0.25, 0.3) is 0 Å². The molecule has 1 heterocycles. The Hall–Kier alpha value is -3.22. The number of ether oxygens (including phenoxy) is 3. The number of nitrogens with one attached hydrogen (secondary N) is 1. The lowest BCUT2D eigenvalue weighted by Crippen LogP contribution is -2.28. The summed E-state index contributed by atoms with van der Waals surface area (Å²) in [7, 11) is 4.54. The third-order valence-electron chi connectivity index (χ3n) is 4.74. The van der Waals surface area contributed by atoms with E-state index in [2.05, 4.69) is 5.32 Å². The fourth-order valence-corrected chi connectivity index (χ4v) is 3.33. The lowest BCUT2D eigenvalue weighted by molar-refractivity contribution is -0.122. The van der Waals surface area contributed by atoms with Crippen LogP contribution in [0.5, 0.6) is 17.2 Å². The minimum Gasteiger partial charge on any atom is -0.493 e. The van der Waals surface area contributed by atoms with E-state index in [-0.39, 0.29) is 18.2 Å². The Morgan fingerprint density at radius 1 is 1.07 bits per heavy atom. The highest BCUT2D eigenvalue weighted by Gasteiger charge is 2.35. The Bertz CT molecular complexity index is 871. The van der Waals surface area contributed by atoms with Gasteiger partial charge in [-0.15, -0.1) is 0 Å². The molecule has 1 aliphatic heterocycles. The average Bonchev–Trinajstić information content (AvgIpc) is 3.09. The van der Waals surface area contributed by atoms with Gasteiger partial charge in [0.25, 0.3) is 0 Å². The zero-order chi connectivity index (χ0) is 20.3. The minimum absolute atomic E-state index is 0.0596. The number of rotatable bonds is 6. The smallest absolute Gasteiger partial charge is 0.229 e. The number of benzene rings is 2. The summed E-state index contributed by atoms with van der Waals surface area (Å²) in [4.78, 5) is 26.8. The Morgan fingerprint density at radius 3 is 2.32 bits per heavy atom. The molecule has 0 bridgehead atoms. The maximum Gasteiger partial charge on any atom is 0.229 e. The number of hydrogen-bond donors (Lipinski definition) is 1. The fourth-order valence-electron chi connectivity index (χ4n) is 3.33. The van der Waals surface area contributed by atoms with Gasteiger partial charge in [0.2, 0.25) is 17.6 Å². The van der Waals surface area contributed by atoms with Gasteiger partial charge in [-0.3, -0.25) is 9.59 Å². The Kier molecular flexibility index (Phi) is 5.73. The molecule has 1 aliphatic rings. The second kappa shape index (κ2) is 8.21. The number of aryl methyl sites for hydroxylation is 1. The van der Waals surface area contributed by atoms with Gasteiger partial charge in [0.15, 0.2) is 11.5 Å². The number of anilines is 2. The maximum absolute atomic E-state index is 12.8. The van der Waals surface area contributed by atoms with Gasteiger partial charge >= 0.3 is 0 Å². The summed E-state index contributed by atoms with van der Waals surface area (Å²) >= 11 is 0. The zero-order valence-electron chi connectivity index (χ0n) is 16.4. The van der Waals surface area contributed by atoms with E-state index in [1.807, 2.05) is 31.2 Å². The summed E-state index contributed by atoms with van der Waals surface area (Å²) in [6.45, 7) is 2.32. The summed E-state index contributed by atoms with van der Waals surface area (Å²) in [6, 6.07) is 11.0. The van der Waals surface area contributed by atoms with E-state index in [4.69, 9.17) is 14.2 Å². The number of carbonyl (C=O) groups excluding carboxylic acids is 2. The molecule has 28 heavy (non-hydrogen) atoms. The van der Waals surface area contributed by atoms with Crippen LogP contribution in [0, 0.1) is 12.8 Å². The van der Waals surface area contributed by atoms with E-state index >= 15 is 0 Å². The van der Waals surface area contributed by atoms with Gasteiger partial charge < -0.3 is 24.4 Å². The quantitative estimate of drug-likeness (QED) is 0.828. The molecule has 0 saturated carbocycles. The summed E-state index contributed by atoms with van der Waals surface area (Å²) in [5, 5.41) is 2.86. The fraction of sp³-hybridized carbons (Fsp3) is 0.333. The van der Waals surface area contributed by atoms with Crippen molar-refractivity contribution in [1.29, 1.82) is 0 Å². The topological polar surface area (TPSA) is 77.1 Å².